The molecule has 4 bridgehead atoms. The summed E-state index contributed by atoms with van der Waals surface area (Å²) < 4.78 is 7.87. The summed E-state index contributed by atoms with van der Waals surface area (Å²) in [4.78, 5) is 0. The van der Waals surface area contributed by atoms with Crippen LogP contribution in [0.1, 0.15) is 59.3 Å². The van der Waals surface area contributed by atoms with Gasteiger partial charge in [0.05, 0.1) is 0 Å². The van der Waals surface area contributed by atoms with E-state index in [4.69, 9.17) is 3.50 Å². The number of nitrogens with zero attached hydrogens (tertiary/aromatic N) is 1. The minimum atomic E-state index is -0.552. The summed E-state index contributed by atoms with van der Waals surface area (Å²) in [5.74, 6) is 3.16. The molecule has 4 aliphatic rings. The molecule has 0 spiro atoms. The van der Waals surface area contributed by atoms with Crippen LogP contribution in [0, 0.1) is 23.2 Å². The summed E-state index contributed by atoms with van der Waals surface area (Å²) in [6, 6.07) is 0. The van der Waals surface area contributed by atoms with Crippen molar-refractivity contribution >= 4 is 4.40 Å². The van der Waals surface area contributed by atoms with Gasteiger partial charge in [0.25, 0.3) is 0 Å². The van der Waals surface area contributed by atoms with E-state index in [-0.39, 0.29) is 0 Å². The zero-order valence-corrected chi connectivity index (χ0v) is 14.3. The first kappa shape index (κ1) is 12.4. The van der Waals surface area contributed by atoms with E-state index in [0.717, 1.165) is 17.8 Å². The van der Waals surface area contributed by atoms with Crippen molar-refractivity contribution in [1.29, 1.82) is 0 Å². The third-order valence-electron chi connectivity index (χ3n) is 4.66. The first-order chi connectivity index (χ1) is 7.94. The third-order valence-corrected chi connectivity index (χ3v) is 9.35. The second-order valence-electron chi connectivity index (χ2n) is 7.82. The fourth-order valence-corrected chi connectivity index (χ4v) is 7.41. The van der Waals surface area contributed by atoms with Gasteiger partial charge < -0.3 is 0 Å². The molecule has 0 atom stereocenters. The van der Waals surface area contributed by atoms with Crippen LogP contribution in [0.25, 0.3) is 0 Å². The summed E-state index contributed by atoms with van der Waals surface area (Å²) >= 11 is -0.552. The van der Waals surface area contributed by atoms with E-state index in [1.807, 2.05) is 0 Å². The van der Waals surface area contributed by atoms with Crippen LogP contribution in [-0.2, 0) is 17.9 Å². The van der Waals surface area contributed by atoms with Crippen LogP contribution in [-0.4, -0.2) is 9.94 Å². The number of hydrogen-bond donors (Lipinski definition) is 0. The minimum absolute atomic E-state index is 0.399. The molecule has 0 unspecified atom stereocenters. The van der Waals surface area contributed by atoms with Crippen molar-refractivity contribution in [2.45, 2.75) is 64.8 Å². The average Bonchev–Trinajstić information content (AvgIpc) is 2.11. The van der Waals surface area contributed by atoms with Gasteiger partial charge in [0.15, 0.2) is 0 Å². The molecule has 4 rings (SSSR count). The molecule has 0 heterocycles. The first-order valence-corrected chi connectivity index (χ1v) is 10.2. The molecule has 2 heteroatoms. The van der Waals surface area contributed by atoms with Gasteiger partial charge in [-0.1, -0.05) is 0 Å². The van der Waals surface area contributed by atoms with Crippen LogP contribution < -0.4 is 0 Å². The Morgan fingerprint density at radius 2 is 1.47 bits per heavy atom. The van der Waals surface area contributed by atoms with Crippen molar-refractivity contribution in [2.75, 3.05) is 0 Å². The molecule has 0 aromatic heterocycles. The second kappa shape index (κ2) is 4.19. The van der Waals surface area contributed by atoms with E-state index in [1.54, 1.807) is 19.3 Å². The molecule has 0 radical (unpaired) electrons. The van der Waals surface area contributed by atoms with E-state index in [1.165, 1.54) is 19.3 Å². The molecule has 0 aromatic carbocycles. The zero-order chi connectivity index (χ0) is 12.1. The molecule has 4 saturated carbocycles. The van der Waals surface area contributed by atoms with Crippen molar-refractivity contribution in [1.82, 2.24) is 0 Å². The molecule has 4 aliphatic carbocycles. The number of hydrogen-bond acceptors (Lipinski definition) is 1. The molecule has 4 fully saturated rings. The van der Waals surface area contributed by atoms with Crippen LogP contribution in [0.3, 0.4) is 0 Å². The van der Waals surface area contributed by atoms with Gasteiger partial charge in [0.2, 0.25) is 0 Å². The monoisotopic (exact) mass is 403 g/mol. The maximum absolute atomic E-state index is 5.31. The normalized spacial score (nSPS) is 43.6. The fourth-order valence-electron chi connectivity index (χ4n) is 4.47. The Morgan fingerprint density at radius 1 is 1.00 bits per heavy atom. The summed E-state index contributed by atoms with van der Waals surface area (Å²) in [5.41, 5.74) is 0.887. The van der Waals surface area contributed by atoms with Crippen molar-refractivity contribution in [3.05, 3.63) is 0 Å². The van der Waals surface area contributed by atoms with Gasteiger partial charge in [-0.25, -0.2) is 0 Å². The van der Waals surface area contributed by atoms with Crippen LogP contribution in [0.15, 0.2) is 3.50 Å². The van der Waals surface area contributed by atoms with Crippen LogP contribution >= 0.6 is 0 Å². The van der Waals surface area contributed by atoms with Gasteiger partial charge in [0.1, 0.15) is 0 Å². The maximum atomic E-state index is 5.31. The van der Waals surface area contributed by atoms with Gasteiger partial charge in [-0.15, -0.1) is 0 Å². The third kappa shape index (κ3) is 2.70. The molecule has 96 valence electrons. The van der Waals surface area contributed by atoms with E-state index in [9.17, 15) is 0 Å². The SMILES string of the molecule is CC(C)(C)[CH]=[W]=[N]C12CC3CC(CC(C3)C1)C2. The second-order valence-corrected chi connectivity index (χ2v) is 10.1. The predicted octanol–water partition coefficient (Wildman–Crippen LogP) is 4.07. The molecule has 0 aromatic rings. The van der Waals surface area contributed by atoms with Crippen molar-refractivity contribution in [3.8, 4) is 0 Å². The Bertz CT molecular complexity index is 336. The van der Waals surface area contributed by atoms with E-state index in [2.05, 4.69) is 25.2 Å². The molecule has 0 N–H and O–H groups in total. The fraction of sp³-hybridized carbons (Fsp3) is 0.933. The van der Waals surface area contributed by atoms with Gasteiger partial charge in [-0.2, -0.15) is 0 Å². The average molecular weight is 403 g/mol. The van der Waals surface area contributed by atoms with Crippen LogP contribution in [0.4, 0.5) is 0 Å². The Labute approximate surface area is 114 Å². The van der Waals surface area contributed by atoms with Crippen LogP contribution in [0.2, 0.25) is 0 Å². The van der Waals surface area contributed by atoms with Gasteiger partial charge in [-0.05, 0) is 0 Å². The topological polar surface area (TPSA) is 12.4 Å². The van der Waals surface area contributed by atoms with Crippen molar-refractivity contribution in [2.24, 2.45) is 26.7 Å². The summed E-state index contributed by atoms with van der Waals surface area (Å²) in [6.07, 6.45) is 9.00. The molecular weight excluding hydrogens is 378 g/mol. The Hall–Kier alpha value is 0.358. The van der Waals surface area contributed by atoms with Crippen LogP contribution in [0.5, 0.6) is 0 Å². The standard InChI is InChI=1S/C10H15N.C5H10.W/c11-10-4-7-1-8(5-10)3-9(2-7)6-10;1-5(2,3)4;/h7-9H,1-6H2;1H,2-4H3;. The molecule has 17 heavy (non-hydrogen) atoms. The molecule has 1 nitrogen and oxygen atoms in total. The summed E-state index contributed by atoms with van der Waals surface area (Å²) in [6.45, 7) is 6.96. The predicted molar refractivity (Wildman–Crippen MR) is 68.9 cm³/mol. The van der Waals surface area contributed by atoms with E-state index < -0.39 is 17.9 Å². The summed E-state index contributed by atoms with van der Waals surface area (Å²) in [5, 5.41) is 0. The van der Waals surface area contributed by atoms with Gasteiger partial charge in [-0.3, -0.25) is 0 Å². The number of rotatable bonds is 1. The molecule has 0 saturated heterocycles. The van der Waals surface area contributed by atoms with Crippen molar-refractivity contribution < 1.29 is 17.9 Å². The molecule has 0 aliphatic heterocycles. The Balaban J connectivity index is 1.81. The molecular formula is C15H25NW. The zero-order valence-electron chi connectivity index (χ0n) is 11.4. The van der Waals surface area contributed by atoms with E-state index >= 15 is 0 Å². The van der Waals surface area contributed by atoms with Crippen molar-refractivity contribution in [3.63, 3.8) is 0 Å². The van der Waals surface area contributed by atoms with Gasteiger partial charge in [0, 0.05) is 0 Å². The Morgan fingerprint density at radius 3 is 1.88 bits per heavy atom. The van der Waals surface area contributed by atoms with E-state index in [0.29, 0.717) is 11.0 Å². The molecule has 0 amide bonds. The first-order valence-electron chi connectivity index (χ1n) is 7.17. The summed E-state index contributed by atoms with van der Waals surface area (Å²) in [7, 11) is 0. The van der Waals surface area contributed by atoms with Gasteiger partial charge >= 0.3 is 114 Å². The quantitative estimate of drug-likeness (QED) is 0.626. The Kier molecular flexibility index (Phi) is 3.05.